The summed E-state index contributed by atoms with van der Waals surface area (Å²) in [5.74, 6) is -0.559. The minimum Gasteiger partial charge on any atom is -0.494 e. The summed E-state index contributed by atoms with van der Waals surface area (Å²) in [6.07, 6.45) is 4.30. The van der Waals surface area contributed by atoms with Crippen LogP contribution in [0.5, 0.6) is 11.5 Å². The molecule has 2 saturated heterocycles. The second kappa shape index (κ2) is 22.8. The zero-order chi connectivity index (χ0) is 52.7. The normalized spacial score (nSPS) is 14.4. The number of allylic oxidation sites excluding steroid dienone is 2. The predicted molar refractivity (Wildman–Crippen MR) is 275 cm³/mol. The van der Waals surface area contributed by atoms with Crippen LogP contribution in [0.1, 0.15) is 94.1 Å². The number of ether oxygens (including phenoxy) is 3. The molecular formula is C50H67N15O8. The van der Waals surface area contributed by atoms with Crippen LogP contribution in [0, 0.1) is 19.8 Å². The molecule has 5 amide bonds. The number of carbonyl (C=O) groups excluding carboxylic acids is 5. The third-order valence-corrected chi connectivity index (χ3v) is 12.1. The van der Waals surface area contributed by atoms with Gasteiger partial charge in [0, 0.05) is 63.5 Å². The Labute approximate surface area is 422 Å². The number of fused-ring (bicyclic) bond motifs is 2. The van der Waals surface area contributed by atoms with Crippen molar-refractivity contribution in [3.05, 3.63) is 82.5 Å². The first kappa shape index (κ1) is 53.2. The molecule has 0 atom stereocenters. The highest BCUT2D eigenvalue weighted by molar-refractivity contribution is 6.05. The van der Waals surface area contributed by atoms with Crippen molar-refractivity contribution in [3.8, 4) is 11.5 Å². The van der Waals surface area contributed by atoms with Gasteiger partial charge >= 0.3 is 0 Å². The van der Waals surface area contributed by atoms with Gasteiger partial charge in [-0.2, -0.15) is 10.2 Å². The number of primary amides is 2. The van der Waals surface area contributed by atoms with Crippen LogP contribution < -0.4 is 37.3 Å². The molecule has 8 N–H and O–H groups in total. The van der Waals surface area contributed by atoms with E-state index in [9.17, 15) is 24.0 Å². The number of benzene rings is 2. The highest BCUT2D eigenvalue weighted by atomic mass is 16.5. The molecule has 390 valence electrons. The Morgan fingerprint density at radius 1 is 0.767 bits per heavy atom. The lowest BCUT2D eigenvalue weighted by Crippen LogP contribution is -2.70. The van der Waals surface area contributed by atoms with E-state index in [0.717, 1.165) is 5.92 Å². The number of amides is 5. The van der Waals surface area contributed by atoms with Gasteiger partial charge in [0.1, 0.15) is 39.5 Å². The highest BCUT2D eigenvalue weighted by Crippen LogP contribution is 2.34. The summed E-state index contributed by atoms with van der Waals surface area (Å²) in [4.78, 5) is 78.4. The first-order valence-electron chi connectivity index (χ1n) is 24.4. The van der Waals surface area contributed by atoms with Crippen LogP contribution in [-0.4, -0.2) is 143 Å². The molecule has 23 heteroatoms. The lowest BCUT2D eigenvalue weighted by molar-refractivity contribution is -0.188. The van der Waals surface area contributed by atoms with E-state index in [2.05, 4.69) is 46.5 Å². The number of imidazole rings is 2. The fourth-order valence-corrected chi connectivity index (χ4v) is 8.96. The third kappa shape index (κ3) is 12.0. The molecule has 0 radical (unpaired) electrons. The van der Waals surface area contributed by atoms with Gasteiger partial charge in [-0.3, -0.25) is 48.9 Å². The SMILES string of the molecule is CC(C)C.CCn1nc(C)cc1C(=O)Nc1nc2cc(C(N)=O)cc(OC)c2n1C/C=C/Cn1c(NC(=O)c2cc(C)nn2CC)nc2cc(C(N)=O)cc(OCCCN3CC4(C3)CN(C(=O)CN)CCO4)c21. The van der Waals surface area contributed by atoms with Crippen molar-refractivity contribution in [1.29, 1.82) is 0 Å². The van der Waals surface area contributed by atoms with Gasteiger partial charge < -0.3 is 45.4 Å². The first-order valence-corrected chi connectivity index (χ1v) is 24.4. The number of nitrogens with two attached hydrogens (primary N) is 3. The number of anilines is 2. The van der Waals surface area contributed by atoms with Crippen LogP contribution in [-0.2, 0) is 35.7 Å². The molecular weight excluding hydrogens is 939 g/mol. The van der Waals surface area contributed by atoms with Crippen LogP contribution in [0.2, 0.25) is 0 Å². The fraction of sp³-hybridized carbons (Fsp3) is 0.460. The van der Waals surface area contributed by atoms with Crippen molar-refractivity contribution in [2.75, 3.05) is 70.2 Å². The number of hydrogen-bond donors (Lipinski definition) is 5. The van der Waals surface area contributed by atoms with E-state index < -0.39 is 29.2 Å². The summed E-state index contributed by atoms with van der Waals surface area (Å²) >= 11 is 0. The second-order valence-electron chi connectivity index (χ2n) is 18.8. The number of nitrogens with zero attached hydrogens (tertiary/aromatic N) is 10. The molecule has 23 nitrogen and oxygen atoms in total. The molecule has 8 rings (SSSR count). The number of morpholine rings is 1. The smallest absolute Gasteiger partial charge is 0.276 e. The summed E-state index contributed by atoms with van der Waals surface area (Å²) in [6, 6.07) is 9.53. The van der Waals surface area contributed by atoms with Gasteiger partial charge in [-0.25, -0.2) is 9.97 Å². The second-order valence-corrected chi connectivity index (χ2v) is 18.8. The van der Waals surface area contributed by atoms with Crippen LogP contribution >= 0.6 is 0 Å². The third-order valence-electron chi connectivity index (χ3n) is 12.1. The van der Waals surface area contributed by atoms with Gasteiger partial charge in [0.15, 0.2) is 0 Å². The van der Waals surface area contributed by atoms with Crippen molar-refractivity contribution in [2.24, 2.45) is 23.1 Å². The monoisotopic (exact) mass is 1010 g/mol. The summed E-state index contributed by atoms with van der Waals surface area (Å²) < 4.78 is 24.9. The zero-order valence-corrected chi connectivity index (χ0v) is 42.9. The molecule has 0 aliphatic carbocycles. The van der Waals surface area contributed by atoms with Gasteiger partial charge in [0.25, 0.3) is 11.8 Å². The minimum absolute atomic E-state index is 0.0376. The lowest BCUT2D eigenvalue weighted by Gasteiger charge is -2.54. The average molecular weight is 1010 g/mol. The topological polar surface area (TPSA) is 293 Å². The van der Waals surface area contributed by atoms with Crippen molar-refractivity contribution in [1.82, 2.24) is 48.5 Å². The molecule has 4 aromatic heterocycles. The Bertz CT molecular complexity index is 3050. The molecule has 0 unspecified atom stereocenters. The summed E-state index contributed by atoms with van der Waals surface area (Å²) in [5.41, 5.74) is 20.7. The van der Waals surface area contributed by atoms with Crippen LogP contribution in [0.3, 0.4) is 0 Å². The summed E-state index contributed by atoms with van der Waals surface area (Å²) in [6.45, 7) is 18.8. The van der Waals surface area contributed by atoms with Crippen LogP contribution in [0.4, 0.5) is 11.9 Å². The number of nitrogens with one attached hydrogen (secondary N) is 2. The van der Waals surface area contributed by atoms with Crippen LogP contribution in [0.25, 0.3) is 22.1 Å². The van der Waals surface area contributed by atoms with Crippen molar-refractivity contribution < 1.29 is 38.2 Å². The number of rotatable bonds is 19. The Balaban J connectivity index is 0.00000188. The van der Waals surface area contributed by atoms with Gasteiger partial charge in [0.05, 0.1) is 55.8 Å². The van der Waals surface area contributed by atoms with Gasteiger partial charge in [-0.1, -0.05) is 32.9 Å². The van der Waals surface area contributed by atoms with Gasteiger partial charge in [-0.15, -0.1) is 0 Å². The van der Waals surface area contributed by atoms with E-state index in [4.69, 9.17) is 41.4 Å². The Morgan fingerprint density at radius 2 is 1.26 bits per heavy atom. The Morgan fingerprint density at radius 3 is 1.73 bits per heavy atom. The fourth-order valence-electron chi connectivity index (χ4n) is 8.96. The maximum absolute atomic E-state index is 13.9. The first-order chi connectivity index (χ1) is 34.9. The molecule has 2 aliphatic heterocycles. The molecule has 2 fully saturated rings. The molecule has 2 aliphatic rings. The van der Waals surface area contributed by atoms with E-state index in [-0.39, 0.29) is 55.2 Å². The van der Waals surface area contributed by atoms with E-state index >= 15 is 0 Å². The average Bonchev–Trinajstić information content (AvgIpc) is 4.12. The number of hydrogen-bond acceptors (Lipinski definition) is 14. The van der Waals surface area contributed by atoms with Crippen molar-refractivity contribution in [2.45, 2.75) is 86.7 Å². The van der Waals surface area contributed by atoms with E-state index in [1.54, 1.807) is 61.5 Å². The maximum Gasteiger partial charge on any atom is 0.276 e. The van der Waals surface area contributed by atoms with E-state index in [1.807, 2.05) is 26.0 Å². The largest absolute Gasteiger partial charge is 0.494 e. The van der Waals surface area contributed by atoms with E-state index in [0.29, 0.717) is 115 Å². The van der Waals surface area contributed by atoms with Crippen LogP contribution in [0.15, 0.2) is 48.6 Å². The van der Waals surface area contributed by atoms with E-state index in [1.165, 1.54) is 19.2 Å². The molecule has 73 heavy (non-hydrogen) atoms. The number of carbonyl (C=O) groups is 5. The predicted octanol–water partition coefficient (Wildman–Crippen LogP) is 3.71. The Hall–Kier alpha value is -7.63. The van der Waals surface area contributed by atoms with Gasteiger partial charge in [-0.05, 0) is 76.4 Å². The van der Waals surface area contributed by atoms with Gasteiger partial charge in [0.2, 0.25) is 29.6 Å². The number of aryl methyl sites for hydroxylation is 4. The number of aromatic nitrogens is 8. The minimum atomic E-state index is -0.687. The zero-order valence-electron chi connectivity index (χ0n) is 42.9. The van der Waals surface area contributed by atoms with Crippen molar-refractivity contribution >= 4 is 63.5 Å². The summed E-state index contributed by atoms with van der Waals surface area (Å²) in [5, 5.41) is 14.7. The quantitative estimate of drug-likeness (QED) is 0.0571. The summed E-state index contributed by atoms with van der Waals surface area (Å²) in [7, 11) is 1.46. The molecule has 0 saturated carbocycles. The molecule has 2 aromatic carbocycles. The molecule has 6 aromatic rings. The highest BCUT2D eigenvalue weighted by Gasteiger charge is 2.47. The molecule has 0 bridgehead atoms. The van der Waals surface area contributed by atoms with Crippen molar-refractivity contribution in [3.63, 3.8) is 0 Å². The maximum atomic E-state index is 13.9. The molecule has 6 heterocycles. The number of methoxy groups -OCH3 is 1. The number of likely N-dealkylation sites (tertiary alicyclic amines) is 1. The Kier molecular flexibility index (Phi) is 16.6. The lowest BCUT2D eigenvalue weighted by atomic mass is 9.91. The molecule has 1 spiro atoms. The standard InChI is InChI=1S/C46H57N15O8.C4H10/c1-6-60-33(17-27(3)54-60)42(65)52-44-50-31-19-29(40(48)63)21-35(67-5)38(31)58(44)12-8-9-13-59-39-32(51-45(59)53-43(66)34-18-28(4)55-61(34)7-2)20-30(41(49)64)22-36(39)68-15-10-11-56-24-46(25-56)26-57(14-16-69-46)37(62)23-47;1-4(2)3/h8-9,17-22H,6-7,10-16,23-26,47H2,1-5H3,(H2,48,63)(H2,49,64)(H,50,52,65)(H,51,53,66);4H,1-3H3/b9-8+;.